The van der Waals surface area contributed by atoms with E-state index in [1.807, 2.05) is 17.7 Å². The average molecular weight is 262 g/mol. The van der Waals surface area contributed by atoms with E-state index in [0.29, 0.717) is 12.0 Å². The maximum Gasteiger partial charge on any atom is 0.146 e. The van der Waals surface area contributed by atoms with Crippen molar-refractivity contribution in [2.24, 2.45) is 5.73 Å². The summed E-state index contributed by atoms with van der Waals surface area (Å²) in [5.74, 6) is -0.353. The molecule has 0 aromatic carbocycles. The van der Waals surface area contributed by atoms with E-state index in [0.717, 1.165) is 24.4 Å². The number of hydrogen-bond acceptors (Lipinski definition) is 3. The van der Waals surface area contributed by atoms with Gasteiger partial charge in [-0.05, 0) is 25.5 Å². The number of nitrogens with two attached hydrogens (primary N) is 1. The van der Waals surface area contributed by atoms with Gasteiger partial charge in [0, 0.05) is 36.5 Å². The zero-order valence-corrected chi connectivity index (χ0v) is 11.3. The highest BCUT2D eigenvalue weighted by Crippen LogP contribution is 2.19. The Hall–Kier alpha value is -1.75. The smallest absolute Gasteiger partial charge is 0.146 e. The highest BCUT2D eigenvalue weighted by Gasteiger charge is 2.15. The quantitative estimate of drug-likeness (QED) is 0.899. The number of aryl methyl sites for hydroxylation is 2. The van der Waals surface area contributed by atoms with Crippen LogP contribution in [0.25, 0.3) is 0 Å². The van der Waals surface area contributed by atoms with Crippen LogP contribution in [0, 0.1) is 5.82 Å². The number of nitrogens with zero attached hydrogens (tertiary/aromatic N) is 3. The van der Waals surface area contributed by atoms with Gasteiger partial charge in [-0.3, -0.25) is 9.67 Å². The molecule has 1 atom stereocenters. The molecule has 0 aliphatic rings. The predicted molar refractivity (Wildman–Crippen MR) is 72.1 cm³/mol. The Kier molecular flexibility index (Phi) is 4.27. The van der Waals surface area contributed by atoms with Crippen molar-refractivity contribution in [1.29, 1.82) is 0 Å². The minimum atomic E-state index is -0.380. The summed E-state index contributed by atoms with van der Waals surface area (Å²) in [6.07, 6.45) is 4.22. The molecule has 2 rings (SSSR count). The van der Waals surface area contributed by atoms with Crippen LogP contribution in [-0.2, 0) is 19.4 Å². The largest absolute Gasteiger partial charge is 0.324 e. The van der Waals surface area contributed by atoms with Crippen LogP contribution < -0.4 is 5.73 Å². The summed E-state index contributed by atoms with van der Waals surface area (Å²) in [5, 5.41) is 4.47. The van der Waals surface area contributed by atoms with Crippen LogP contribution in [0.3, 0.4) is 0 Å². The van der Waals surface area contributed by atoms with Crippen LogP contribution in [0.4, 0.5) is 4.39 Å². The molecule has 2 aromatic heterocycles. The molecule has 0 saturated carbocycles. The Morgan fingerprint density at radius 3 is 2.84 bits per heavy atom. The fraction of sp³-hybridized carbons (Fsp3) is 0.429. The van der Waals surface area contributed by atoms with Crippen LogP contribution in [-0.4, -0.2) is 14.8 Å². The lowest BCUT2D eigenvalue weighted by Crippen LogP contribution is -2.17. The van der Waals surface area contributed by atoms with Gasteiger partial charge in [0.2, 0.25) is 0 Å². The van der Waals surface area contributed by atoms with Crippen molar-refractivity contribution < 1.29 is 4.39 Å². The van der Waals surface area contributed by atoms with Crippen molar-refractivity contribution in [2.45, 2.75) is 39.3 Å². The molecule has 5 heteroatoms. The third kappa shape index (κ3) is 2.98. The number of rotatable bonds is 5. The molecule has 4 nitrogen and oxygen atoms in total. The van der Waals surface area contributed by atoms with Gasteiger partial charge in [0.1, 0.15) is 5.82 Å². The van der Waals surface area contributed by atoms with Gasteiger partial charge in [-0.25, -0.2) is 4.39 Å². The third-order valence-corrected chi connectivity index (χ3v) is 3.21. The SMILES string of the molecule is CCc1cc(CC(N)c2ccncc2F)n(CC)n1. The van der Waals surface area contributed by atoms with Crippen molar-refractivity contribution in [1.82, 2.24) is 14.8 Å². The van der Waals surface area contributed by atoms with Gasteiger partial charge < -0.3 is 5.73 Å². The summed E-state index contributed by atoms with van der Waals surface area (Å²) >= 11 is 0. The lowest BCUT2D eigenvalue weighted by molar-refractivity contribution is 0.551. The van der Waals surface area contributed by atoms with Crippen molar-refractivity contribution in [3.05, 3.63) is 47.3 Å². The molecule has 102 valence electrons. The zero-order valence-electron chi connectivity index (χ0n) is 11.3. The van der Waals surface area contributed by atoms with Crippen LogP contribution in [0.5, 0.6) is 0 Å². The van der Waals surface area contributed by atoms with Gasteiger partial charge in [-0.2, -0.15) is 5.10 Å². The maximum absolute atomic E-state index is 13.6. The van der Waals surface area contributed by atoms with Crippen molar-refractivity contribution in [3.63, 3.8) is 0 Å². The second-order valence-corrected chi connectivity index (χ2v) is 4.50. The summed E-state index contributed by atoms with van der Waals surface area (Å²) in [6, 6.07) is 3.30. The van der Waals surface area contributed by atoms with E-state index in [2.05, 4.69) is 17.0 Å². The van der Waals surface area contributed by atoms with E-state index in [1.165, 1.54) is 6.20 Å². The fourth-order valence-electron chi connectivity index (χ4n) is 2.15. The fourth-order valence-corrected chi connectivity index (χ4v) is 2.15. The highest BCUT2D eigenvalue weighted by atomic mass is 19.1. The minimum absolute atomic E-state index is 0.353. The molecule has 0 aliphatic heterocycles. The minimum Gasteiger partial charge on any atom is -0.324 e. The summed E-state index contributed by atoms with van der Waals surface area (Å²) in [6.45, 7) is 4.89. The number of hydrogen-bond donors (Lipinski definition) is 1. The van der Waals surface area contributed by atoms with Crippen LogP contribution in [0.2, 0.25) is 0 Å². The van der Waals surface area contributed by atoms with Gasteiger partial charge in [-0.15, -0.1) is 0 Å². The molecule has 0 amide bonds. The van der Waals surface area contributed by atoms with Gasteiger partial charge in [0.25, 0.3) is 0 Å². The van der Waals surface area contributed by atoms with Gasteiger partial charge >= 0.3 is 0 Å². The summed E-state index contributed by atoms with van der Waals surface area (Å²) in [7, 11) is 0. The van der Waals surface area contributed by atoms with E-state index in [-0.39, 0.29) is 11.9 Å². The molecule has 0 bridgehead atoms. The number of aromatic nitrogens is 3. The van der Waals surface area contributed by atoms with Crippen molar-refractivity contribution >= 4 is 0 Å². The number of halogens is 1. The first kappa shape index (κ1) is 13.7. The molecule has 2 N–H and O–H groups in total. The third-order valence-electron chi connectivity index (χ3n) is 3.21. The molecule has 19 heavy (non-hydrogen) atoms. The molecule has 0 saturated heterocycles. The maximum atomic E-state index is 13.6. The molecule has 0 aliphatic carbocycles. The first-order valence-electron chi connectivity index (χ1n) is 6.56. The topological polar surface area (TPSA) is 56.7 Å². The first-order chi connectivity index (χ1) is 9.15. The van der Waals surface area contributed by atoms with Gasteiger partial charge in [0.15, 0.2) is 0 Å². The van der Waals surface area contributed by atoms with E-state index >= 15 is 0 Å². The molecule has 2 aromatic rings. The lowest BCUT2D eigenvalue weighted by atomic mass is 10.0. The highest BCUT2D eigenvalue weighted by molar-refractivity contribution is 5.20. The van der Waals surface area contributed by atoms with E-state index in [9.17, 15) is 4.39 Å². The van der Waals surface area contributed by atoms with Crippen molar-refractivity contribution in [2.75, 3.05) is 0 Å². The standard InChI is InChI=1S/C14H19FN4/c1-3-10-7-11(19(4-2)18-10)8-14(16)12-5-6-17-9-13(12)15/h5-7,9,14H,3-4,8,16H2,1-2H3. The van der Waals surface area contributed by atoms with E-state index < -0.39 is 0 Å². The molecule has 2 heterocycles. The Labute approximate surface area is 112 Å². The normalized spacial score (nSPS) is 12.6. The summed E-state index contributed by atoms with van der Waals surface area (Å²) in [5.41, 5.74) is 8.68. The zero-order chi connectivity index (χ0) is 13.8. The molecular formula is C14H19FN4. The lowest BCUT2D eigenvalue weighted by Gasteiger charge is -2.13. The van der Waals surface area contributed by atoms with Crippen LogP contribution in [0.15, 0.2) is 24.5 Å². The van der Waals surface area contributed by atoms with Crippen molar-refractivity contribution in [3.8, 4) is 0 Å². The summed E-state index contributed by atoms with van der Waals surface area (Å²) in [4.78, 5) is 3.74. The average Bonchev–Trinajstić information content (AvgIpc) is 2.81. The monoisotopic (exact) mass is 262 g/mol. The predicted octanol–water partition coefficient (Wildman–Crippen LogP) is 2.24. The molecule has 0 spiro atoms. The second-order valence-electron chi connectivity index (χ2n) is 4.50. The molecular weight excluding hydrogens is 243 g/mol. The van der Waals surface area contributed by atoms with Crippen LogP contribution in [0.1, 0.15) is 36.8 Å². The molecule has 0 fully saturated rings. The van der Waals surface area contributed by atoms with Gasteiger partial charge in [0.05, 0.1) is 11.9 Å². The summed E-state index contributed by atoms with van der Waals surface area (Å²) < 4.78 is 15.6. The van der Waals surface area contributed by atoms with E-state index in [4.69, 9.17) is 5.73 Å². The number of pyridine rings is 1. The van der Waals surface area contributed by atoms with Crippen LogP contribution >= 0.6 is 0 Å². The Balaban J connectivity index is 2.21. The van der Waals surface area contributed by atoms with E-state index in [1.54, 1.807) is 12.3 Å². The molecule has 1 unspecified atom stereocenters. The second kappa shape index (κ2) is 5.93. The first-order valence-corrected chi connectivity index (χ1v) is 6.56. The van der Waals surface area contributed by atoms with Gasteiger partial charge in [-0.1, -0.05) is 6.92 Å². The Morgan fingerprint density at radius 2 is 2.21 bits per heavy atom. The Morgan fingerprint density at radius 1 is 1.42 bits per heavy atom. The Bertz CT molecular complexity index is 550. The molecule has 0 radical (unpaired) electrons.